The van der Waals surface area contributed by atoms with E-state index in [-0.39, 0.29) is 22.8 Å². The Balaban J connectivity index is 1.57. The molecule has 5 heteroatoms. The van der Waals surface area contributed by atoms with Crippen LogP contribution in [0.1, 0.15) is 38.5 Å². The zero-order chi connectivity index (χ0) is 14.9. The van der Waals surface area contributed by atoms with E-state index >= 15 is 0 Å². The maximum atomic E-state index is 12.5. The van der Waals surface area contributed by atoms with E-state index in [1.54, 1.807) is 11.8 Å². The first-order valence-corrected chi connectivity index (χ1v) is 8.70. The zero-order valence-electron chi connectivity index (χ0n) is 11.8. The van der Waals surface area contributed by atoms with Crippen LogP contribution < -0.4 is 5.32 Å². The number of aliphatic hydroxyl groups is 1. The average molecular weight is 326 g/mol. The normalized spacial score (nSPS) is 27.1. The summed E-state index contributed by atoms with van der Waals surface area (Å²) in [7, 11) is 0. The van der Waals surface area contributed by atoms with Crippen LogP contribution >= 0.6 is 23.4 Å². The summed E-state index contributed by atoms with van der Waals surface area (Å²) in [6.45, 7) is 0. The van der Waals surface area contributed by atoms with Gasteiger partial charge in [-0.05, 0) is 62.8 Å². The number of carbonyl (C=O) groups excluding carboxylic acids is 1. The van der Waals surface area contributed by atoms with Gasteiger partial charge in [0, 0.05) is 16.0 Å². The topological polar surface area (TPSA) is 49.3 Å². The molecule has 1 aromatic carbocycles. The van der Waals surface area contributed by atoms with Crippen LogP contribution in [0.5, 0.6) is 0 Å². The lowest BCUT2D eigenvalue weighted by atomic mass is 9.93. The molecule has 3 rings (SSSR count). The van der Waals surface area contributed by atoms with Gasteiger partial charge in [-0.2, -0.15) is 0 Å². The highest BCUT2D eigenvalue weighted by molar-refractivity contribution is 8.01. The molecule has 2 aliphatic rings. The molecule has 1 aromatic rings. The van der Waals surface area contributed by atoms with Crippen LogP contribution in [0.4, 0.5) is 0 Å². The number of nitrogens with one attached hydrogen (secondary N) is 1. The van der Waals surface area contributed by atoms with Gasteiger partial charge in [0.1, 0.15) is 0 Å². The molecule has 0 spiro atoms. The summed E-state index contributed by atoms with van der Waals surface area (Å²) in [5, 5.41) is 13.4. The molecule has 2 aliphatic carbocycles. The zero-order valence-corrected chi connectivity index (χ0v) is 13.4. The van der Waals surface area contributed by atoms with Crippen molar-refractivity contribution in [3.8, 4) is 0 Å². The fourth-order valence-corrected chi connectivity index (χ4v) is 4.06. The Morgan fingerprint density at radius 1 is 1.19 bits per heavy atom. The van der Waals surface area contributed by atoms with E-state index in [1.165, 1.54) is 0 Å². The number of hydrogen-bond donors (Lipinski definition) is 2. The van der Waals surface area contributed by atoms with E-state index in [9.17, 15) is 9.90 Å². The summed E-state index contributed by atoms with van der Waals surface area (Å²) >= 11 is 7.54. The second-order valence-corrected chi connectivity index (χ2v) is 7.92. The van der Waals surface area contributed by atoms with E-state index in [2.05, 4.69) is 5.32 Å². The molecule has 0 radical (unpaired) electrons. The monoisotopic (exact) mass is 325 g/mol. The molecule has 1 amide bonds. The van der Waals surface area contributed by atoms with Crippen molar-refractivity contribution in [2.45, 2.75) is 60.3 Å². The molecule has 114 valence electrons. The predicted molar refractivity (Wildman–Crippen MR) is 85.7 cm³/mol. The van der Waals surface area contributed by atoms with Crippen LogP contribution in [0.15, 0.2) is 29.2 Å². The van der Waals surface area contributed by atoms with E-state index in [1.807, 2.05) is 24.3 Å². The number of amides is 1. The number of hydrogen-bond acceptors (Lipinski definition) is 3. The van der Waals surface area contributed by atoms with Gasteiger partial charge in [-0.1, -0.05) is 11.6 Å². The average Bonchev–Trinajstić information content (AvgIpc) is 3.25. The molecule has 2 N–H and O–H groups in total. The van der Waals surface area contributed by atoms with Gasteiger partial charge in [-0.25, -0.2) is 0 Å². The summed E-state index contributed by atoms with van der Waals surface area (Å²) in [4.78, 5) is 13.6. The first-order valence-electron chi connectivity index (χ1n) is 7.51. The Bertz CT molecular complexity index is 508. The number of aliphatic hydroxyl groups excluding tert-OH is 1. The summed E-state index contributed by atoms with van der Waals surface area (Å²) in [5.74, 6) is 0.156. The highest BCUT2D eigenvalue weighted by Gasteiger charge is 2.51. The first kappa shape index (κ1) is 15.2. The molecular weight excluding hydrogens is 306 g/mol. The van der Waals surface area contributed by atoms with Crippen molar-refractivity contribution in [3.05, 3.63) is 29.3 Å². The molecule has 0 aromatic heterocycles. The van der Waals surface area contributed by atoms with Crippen molar-refractivity contribution in [3.63, 3.8) is 0 Å². The van der Waals surface area contributed by atoms with Gasteiger partial charge in [0.2, 0.25) is 5.91 Å². The van der Waals surface area contributed by atoms with Gasteiger partial charge in [0.05, 0.1) is 10.9 Å². The van der Waals surface area contributed by atoms with Crippen molar-refractivity contribution in [1.82, 2.24) is 5.32 Å². The molecule has 0 aliphatic heterocycles. The minimum atomic E-state index is -0.288. The van der Waals surface area contributed by atoms with Crippen LogP contribution in [0, 0.1) is 0 Å². The summed E-state index contributed by atoms with van der Waals surface area (Å²) in [6.07, 6.45) is 5.04. The molecule has 0 atom stereocenters. The van der Waals surface area contributed by atoms with Gasteiger partial charge >= 0.3 is 0 Å². The maximum absolute atomic E-state index is 12.5. The Morgan fingerprint density at radius 2 is 1.81 bits per heavy atom. The summed E-state index contributed by atoms with van der Waals surface area (Å²) in [5.41, 5.74) is 0. The number of halogens is 1. The van der Waals surface area contributed by atoms with Crippen molar-refractivity contribution < 1.29 is 9.90 Å². The van der Waals surface area contributed by atoms with Crippen LogP contribution in [-0.2, 0) is 4.79 Å². The Labute approximate surface area is 134 Å². The highest BCUT2D eigenvalue weighted by Crippen LogP contribution is 2.52. The lowest BCUT2D eigenvalue weighted by molar-refractivity contribution is -0.122. The molecule has 0 unspecified atom stereocenters. The molecule has 3 nitrogen and oxygen atoms in total. The number of benzene rings is 1. The van der Waals surface area contributed by atoms with Crippen molar-refractivity contribution in [2.24, 2.45) is 0 Å². The molecule has 0 heterocycles. The summed E-state index contributed by atoms with van der Waals surface area (Å²) in [6, 6.07) is 7.89. The van der Waals surface area contributed by atoms with E-state index in [4.69, 9.17) is 11.6 Å². The molecule has 2 saturated carbocycles. The van der Waals surface area contributed by atoms with E-state index in [0.717, 1.165) is 48.4 Å². The third kappa shape index (κ3) is 3.74. The van der Waals surface area contributed by atoms with Gasteiger partial charge in [-0.15, -0.1) is 11.8 Å². The van der Waals surface area contributed by atoms with Gasteiger partial charge in [0.25, 0.3) is 0 Å². The molecule has 21 heavy (non-hydrogen) atoms. The number of carbonyl (C=O) groups is 1. The smallest absolute Gasteiger partial charge is 0.236 e. The molecule has 0 saturated heterocycles. The van der Waals surface area contributed by atoms with E-state index in [0.29, 0.717) is 0 Å². The van der Waals surface area contributed by atoms with Gasteiger partial charge < -0.3 is 10.4 Å². The molecule has 2 fully saturated rings. The third-order valence-electron chi connectivity index (χ3n) is 4.28. The fourth-order valence-electron chi connectivity index (χ4n) is 2.75. The van der Waals surface area contributed by atoms with Crippen LogP contribution in [-0.4, -0.2) is 27.9 Å². The summed E-state index contributed by atoms with van der Waals surface area (Å²) < 4.78 is -0.288. The lowest BCUT2D eigenvalue weighted by Crippen LogP contribution is -2.43. The van der Waals surface area contributed by atoms with Crippen LogP contribution in [0.3, 0.4) is 0 Å². The van der Waals surface area contributed by atoms with Crippen molar-refractivity contribution in [1.29, 1.82) is 0 Å². The predicted octanol–water partition coefficient (Wildman–Crippen LogP) is 3.38. The Hall–Kier alpha value is -0.710. The minimum Gasteiger partial charge on any atom is -0.393 e. The second kappa shape index (κ2) is 6.19. The van der Waals surface area contributed by atoms with Gasteiger partial charge in [0.15, 0.2) is 0 Å². The van der Waals surface area contributed by atoms with Crippen LogP contribution in [0.25, 0.3) is 0 Å². The Morgan fingerprint density at radius 3 is 2.38 bits per heavy atom. The fraction of sp³-hybridized carbons (Fsp3) is 0.562. The lowest BCUT2D eigenvalue weighted by Gasteiger charge is -2.27. The SMILES string of the molecule is O=C(NC1CCC(O)CC1)C1(Sc2ccc(Cl)cc2)CC1. The first-order chi connectivity index (χ1) is 10.1. The quantitative estimate of drug-likeness (QED) is 0.892. The minimum absolute atomic E-state index is 0.156. The van der Waals surface area contributed by atoms with Crippen LogP contribution in [0.2, 0.25) is 5.02 Å². The second-order valence-electron chi connectivity index (χ2n) is 6.03. The molecule has 0 bridgehead atoms. The number of rotatable bonds is 4. The standard InChI is InChI=1S/C16H20ClNO2S/c17-11-1-7-14(8-2-11)21-16(9-10-16)15(20)18-12-3-5-13(19)6-4-12/h1-2,7-8,12-13,19H,3-6,9-10H2,(H,18,20). The van der Waals surface area contributed by atoms with Crippen molar-refractivity contribution in [2.75, 3.05) is 0 Å². The van der Waals surface area contributed by atoms with E-state index < -0.39 is 0 Å². The van der Waals surface area contributed by atoms with Crippen molar-refractivity contribution >= 4 is 29.3 Å². The Kier molecular flexibility index (Phi) is 4.48. The largest absolute Gasteiger partial charge is 0.393 e. The number of thioether (sulfide) groups is 1. The molecular formula is C16H20ClNO2S. The van der Waals surface area contributed by atoms with Gasteiger partial charge in [-0.3, -0.25) is 4.79 Å². The third-order valence-corrected chi connectivity index (χ3v) is 6.02. The maximum Gasteiger partial charge on any atom is 0.236 e. The highest BCUT2D eigenvalue weighted by atomic mass is 35.5.